The molecule has 1 aliphatic carbocycles. The van der Waals surface area contributed by atoms with Crippen LogP contribution in [0.25, 0.3) is 0 Å². The highest BCUT2D eigenvalue weighted by atomic mass is 16.2. The van der Waals surface area contributed by atoms with E-state index in [1.807, 2.05) is 47.5 Å². The molecule has 140 valence electrons. The van der Waals surface area contributed by atoms with Crippen molar-refractivity contribution in [3.05, 3.63) is 71.9 Å². The van der Waals surface area contributed by atoms with Gasteiger partial charge in [-0.2, -0.15) is 0 Å². The van der Waals surface area contributed by atoms with Gasteiger partial charge in [-0.05, 0) is 80.7 Å². The smallest absolute Gasteiger partial charge is 0.309 e. The number of nitrogens with zero attached hydrogens (tertiary/aromatic N) is 3. The molecular formula is C23H27N3O. The second-order valence-electron chi connectivity index (χ2n) is 7.81. The second kappa shape index (κ2) is 7.57. The van der Waals surface area contributed by atoms with Crippen molar-refractivity contribution in [2.24, 2.45) is 5.92 Å². The summed E-state index contributed by atoms with van der Waals surface area (Å²) in [5.74, 6) is 0.725. The van der Waals surface area contributed by atoms with Crippen LogP contribution in [0, 0.1) is 5.92 Å². The summed E-state index contributed by atoms with van der Waals surface area (Å²) in [5.41, 5.74) is 4.72. The Morgan fingerprint density at radius 1 is 1.04 bits per heavy atom. The van der Waals surface area contributed by atoms with Crippen LogP contribution in [0.1, 0.15) is 17.5 Å². The molecule has 1 aliphatic heterocycles. The van der Waals surface area contributed by atoms with E-state index < -0.39 is 0 Å². The number of carbonyl (C=O) groups excluding carboxylic acids is 1. The lowest BCUT2D eigenvalue weighted by atomic mass is 9.83. The van der Waals surface area contributed by atoms with Crippen LogP contribution in [0.15, 0.2) is 60.8 Å². The quantitative estimate of drug-likeness (QED) is 0.811. The number of urea groups is 1. The molecule has 2 aromatic carbocycles. The van der Waals surface area contributed by atoms with Gasteiger partial charge in [0.05, 0.1) is 5.69 Å². The zero-order valence-corrected chi connectivity index (χ0v) is 16.1. The third-order valence-electron chi connectivity index (χ3n) is 5.47. The molecule has 4 rings (SSSR count). The second-order valence-corrected chi connectivity index (χ2v) is 7.81. The number of amides is 2. The molecule has 0 spiro atoms. The Balaban J connectivity index is 1.55. The first-order valence-electron chi connectivity index (χ1n) is 9.71. The number of hydrogen-bond donors (Lipinski definition) is 0. The zero-order valence-electron chi connectivity index (χ0n) is 16.1. The molecule has 0 N–H and O–H groups in total. The minimum Gasteiger partial charge on any atom is -0.309 e. The highest BCUT2D eigenvalue weighted by Crippen LogP contribution is 2.31. The van der Waals surface area contributed by atoms with Crippen LogP contribution in [-0.4, -0.2) is 38.1 Å². The number of anilines is 2. The molecule has 0 aromatic heterocycles. The van der Waals surface area contributed by atoms with Crippen molar-refractivity contribution in [2.45, 2.75) is 19.3 Å². The molecule has 4 heteroatoms. The van der Waals surface area contributed by atoms with Crippen LogP contribution in [0.3, 0.4) is 0 Å². The number of hydrogen-bond acceptors (Lipinski definition) is 2. The fourth-order valence-electron chi connectivity index (χ4n) is 4.19. The van der Waals surface area contributed by atoms with Gasteiger partial charge in [0.2, 0.25) is 0 Å². The molecule has 0 saturated carbocycles. The van der Waals surface area contributed by atoms with Gasteiger partial charge in [0, 0.05) is 25.0 Å². The van der Waals surface area contributed by atoms with E-state index in [-0.39, 0.29) is 6.03 Å². The summed E-state index contributed by atoms with van der Waals surface area (Å²) >= 11 is 0. The van der Waals surface area contributed by atoms with Gasteiger partial charge in [-0.15, -0.1) is 0 Å². The Morgan fingerprint density at radius 2 is 1.85 bits per heavy atom. The predicted molar refractivity (Wildman–Crippen MR) is 111 cm³/mol. The Bertz CT molecular complexity index is 844. The van der Waals surface area contributed by atoms with E-state index in [2.05, 4.69) is 37.2 Å². The molecule has 0 radical (unpaired) electrons. The summed E-state index contributed by atoms with van der Waals surface area (Å²) in [6, 6.07) is 16.4. The van der Waals surface area contributed by atoms with Crippen LogP contribution in [0.2, 0.25) is 0 Å². The van der Waals surface area contributed by atoms with Gasteiger partial charge in [-0.1, -0.05) is 24.3 Å². The molecule has 0 bridgehead atoms. The highest BCUT2D eigenvalue weighted by Gasteiger charge is 2.26. The third kappa shape index (κ3) is 3.76. The first kappa shape index (κ1) is 17.8. The van der Waals surface area contributed by atoms with Crippen molar-refractivity contribution in [1.82, 2.24) is 4.90 Å². The SMILES string of the molecule is CN(C)CC1CCc2cc(N3C=CCN(c4ccccc4)C3=O)ccc2C1. The van der Waals surface area contributed by atoms with Crippen molar-refractivity contribution in [1.29, 1.82) is 0 Å². The van der Waals surface area contributed by atoms with Gasteiger partial charge < -0.3 is 4.90 Å². The lowest BCUT2D eigenvalue weighted by molar-refractivity contribution is 0.253. The number of rotatable bonds is 4. The number of fused-ring (bicyclic) bond motifs is 1. The van der Waals surface area contributed by atoms with Gasteiger partial charge in [0.25, 0.3) is 0 Å². The lowest BCUT2D eigenvalue weighted by Gasteiger charge is -2.33. The molecule has 2 aromatic rings. The van der Waals surface area contributed by atoms with E-state index >= 15 is 0 Å². The van der Waals surface area contributed by atoms with Crippen LogP contribution in [0.4, 0.5) is 16.2 Å². The number of carbonyl (C=O) groups is 1. The molecule has 2 amide bonds. The molecule has 1 atom stereocenters. The van der Waals surface area contributed by atoms with Crippen LogP contribution in [-0.2, 0) is 12.8 Å². The van der Waals surface area contributed by atoms with E-state index in [1.54, 1.807) is 4.90 Å². The van der Waals surface area contributed by atoms with Crippen LogP contribution in [0.5, 0.6) is 0 Å². The average molecular weight is 361 g/mol. The fraction of sp³-hybridized carbons (Fsp3) is 0.348. The van der Waals surface area contributed by atoms with Crippen molar-refractivity contribution in [3.8, 4) is 0 Å². The summed E-state index contributed by atoms with van der Waals surface area (Å²) in [5, 5.41) is 0. The molecular weight excluding hydrogens is 334 g/mol. The predicted octanol–water partition coefficient (Wildman–Crippen LogP) is 4.31. The first-order chi connectivity index (χ1) is 13.1. The number of benzene rings is 2. The largest absolute Gasteiger partial charge is 0.333 e. The van der Waals surface area contributed by atoms with E-state index in [0.29, 0.717) is 6.54 Å². The van der Waals surface area contributed by atoms with Gasteiger partial charge in [0.15, 0.2) is 0 Å². The normalized spacial score (nSPS) is 19.5. The standard InChI is InChI=1S/C23H27N3O/c1-24(2)17-18-9-10-20-16-22(12-11-19(20)15-18)26-14-6-13-25(23(26)27)21-7-4-3-5-8-21/h3-8,11-12,14,16,18H,9-10,13,15,17H2,1-2H3. The van der Waals surface area contributed by atoms with E-state index in [1.165, 1.54) is 17.5 Å². The van der Waals surface area contributed by atoms with Crippen LogP contribution >= 0.6 is 0 Å². The van der Waals surface area contributed by atoms with Crippen LogP contribution < -0.4 is 9.80 Å². The molecule has 2 aliphatic rings. The summed E-state index contributed by atoms with van der Waals surface area (Å²) in [7, 11) is 4.29. The monoisotopic (exact) mass is 361 g/mol. The Hall–Kier alpha value is -2.59. The highest BCUT2D eigenvalue weighted by molar-refractivity contribution is 6.06. The lowest BCUT2D eigenvalue weighted by Crippen LogP contribution is -2.44. The Kier molecular flexibility index (Phi) is 4.99. The van der Waals surface area contributed by atoms with E-state index in [9.17, 15) is 4.79 Å². The average Bonchev–Trinajstić information content (AvgIpc) is 2.68. The first-order valence-corrected chi connectivity index (χ1v) is 9.71. The molecule has 4 nitrogen and oxygen atoms in total. The van der Waals surface area contributed by atoms with Gasteiger partial charge in [-0.3, -0.25) is 9.80 Å². The van der Waals surface area contributed by atoms with Gasteiger partial charge in [-0.25, -0.2) is 4.79 Å². The van der Waals surface area contributed by atoms with Gasteiger partial charge >= 0.3 is 6.03 Å². The van der Waals surface area contributed by atoms with Crippen molar-refractivity contribution >= 4 is 17.4 Å². The maximum Gasteiger partial charge on any atom is 0.333 e. The molecule has 27 heavy (non-hydrogen) atoms. The van der Waals surface area contributed by atoms with E-state index in [0.717, 1.165) is 36.7 Å². The molecule has 0 fully saturated rings. The number of para-hydroxylation sites is 1. The minimum absolute atomic E-state index is 0.00458. The summed E-state index contributed by atoms with van der Waals surface area (Å²) in [6.45, 7) is 1.75. The van der Waals surface area contributed by atoms with E-state index in [4.69, 9.17) is 0 Å². The summed E-state index contributed by atoms with van der Waals surface area (Å²) < 4.78 is 0. The maximum absolute atomic E-state index is 13.1. The van der Waals surface area contributed by atoms with Crippen molar-refractivity contribution < 1.29 is 4.79 Å². The Labute approximate surface area is 161 Å². The minimum atomic E-state index is 0.00458. The zero-order chi connectivity index (χ0) is 18.8. The molecule has 1 heterocycles. The molecule has 0 saturated heterocycles. The Morgan fingerprint density at radius 3 is 2.63 bits per heavy atom. The van der Waals surface area contributed by atoms with Gasteiger partial charge in [0.1, 0.15) is 0 Å². The maximum atomic E-state index is 13.1. The number of aryl methyl sites for hydroxylation is 1. The third-order valence-corrected chi connectivity index (χ3v) is 5.47. The topological polar surface area (TPSA) is 26.8 Å². The molecule has 1 unspecified atom stereocenters. The summed E-state index contributed by atoms with van der Waals surface area (Å²) in [4.78, 5) is 18.9. The van der Waals surface area contributed by atoms with Crippen molar-refractivity contribution in [3.63, 3.8) is 0 Å². The van der Waals surface area contributed by atoms with Crippen molar-refractivity contribution in [2.75, 3.05) is 37.0 Å². The summed E-state index contributed by atoms with van der Waals surface area (Å²) in [6.07, 6.45) is 7.39. The fourth-order valence-corrected chi connectivity index (χ4v) is 4.19.